The Hall–Kier alpha value is -1.10. The van der Waals surface area contributed by atoms with Gasteiger partial charge in [0.2, 0.25) is 5.89 Å². The van der Waals surface area contributed by atoms with Gasteiger partial charge in [0.25, 0.3) is 0 Å². The molecule has 1 atom stereocenters. The highest BCUT2D eigenvalue weighted by Gasteiger charge is 2.21. The first-order valence-corrected chi connectivity index (χ1v) is 6.50. The molecule has 1 heterocycles. The smallest absolute Gasteiger partial charge is 0.318 e. The predicted octanol–water partition coefficient (Wildman–Crippen LogP) is 2.25. The number of anilines is 1. The molecule has 1 saturated carbocycles. The minimum atomic E-state index is -0.196. The van der Waals surface area contributed by atoms with Gasteiger partial charge in [-0.3, -0.25) is 0 Å². The molecule has 0 saturated heterocycles. The molecule has 2 N–H and O–H groups in total. The van der Waals surface area contributed by atoms with E-state index in [9.17, 15) is 0 Å². The van der Waals surface area contributed by atoms with E-state index < -0.39 is 0 Å². The largest absolute Gasteiger partial charge is 0.406 e. The van der Waals surface area contributed by atoms with E-state index in [4.69, 9.17) is 10.2 Å². The highest BCUT2D eigenvalue weighted by Crippen LogP contribution is 2.25. The van der Waals surface area contributed by atoms with Gasteiger partial charge in [-0.05, 0) is 19.8 Å². The molecule has 0 aromatic carbocycles. The van der Waals surface area contributed by atoms with Crippen molar-refractivity contribution in [2.75, 3.05) is 11.9 Å². The van der Waals surface area contributed by atoms with Gasteiger partial charge in [0.1, 0.15) is 0 Å². The first kappa shape index (κ1) is 12.4. The van der Waals surface area contributed by atoms with E-state index >= 15 is 0 Å². The molecule has 1 unspecified atom stereocenters. The van der Waals surface area contributed by atoms with Gasteiger partial charge in [-0.2, -0.15) is 0 Å². The monoisotopic (exact) mass is 238 g/mol. The molecule has 1 aliphatic rings. The Balaban J connectivity index is 2.03. The lowest BCUT2D eigenvalue weighted by atomic mass is 10.1. The molecule has 0 radical (unpaired) electrons. The number of rotatable bonds is 3. The fourth-order valence-corrected chi connectivity index (χ4v) is 2.35. The molecule has 5 nitrogen and oxygen atoms in total. The Morgan fingerprint density at radius 1 is 1.24 bits per heavy atom. The summed E-state index contributed by atoms with van der Waals surface area (Å²) in [5.41, 5.74) is 5.72. The summed E-state index contributed by atoms with van der Waals surface area (Å²) >= 11 is 0. The Morgan fingerprint density at radius 2 is 1.88 bits per heavy atom. The van der Waals surface area contributed by atoms with Crippen LogP contribution >= 0.6 is 0 Å². The molecule has 0 aliphatic heterocycles. The first-order valence-electron chi connectivity index (χ1n) is 6.50. The lowest BCUT2D eigenvalue weighted by molar-refractivity contribution is 0.437. The molecule has 1 aromatic rings. The third kappa shape index (κ3) is 2.97. The molecule has 0 amide bonds. The van der Waals surface area contributed by atoms with E-state index in [1.165, 1.54) is 38.5 Å². The fraction of sp³-hybridized carbons (Fsp3) is 0.833. The number of aromatic nitrogens is 2. The van der Waals surface area contributed by atoms with Gasteiger partial charge >= 0.3 is 6.01 Å². The minimum Gasteiger partial charge on any atom is -0.406 e. The van der Waals surface area contributed by atoms with Crippen molar-refractivity contribution in [3.63, 3.8) is 0 Å². The Kier molecular flexibility index (Phi) is 3.99. The molecule has 5 heteroatoms. The number of nitrogens with zero attached hydrogens (tertiary/aromatic N) is 3. The summed E-state index contributed by atoms with van der Waals surface area (Å²) in [5, 5.41) is 8.04. The molecule has 1 aliphatic carbocycles. The number of hydrogen-bond acceptors (Lipinski definition) is 5. The molecule has 0 bridgehead atoms. The zero-order valence-corrected chi connectivity index (χ0v) is 10.7. The maximum Gasteiger partial charge on any atom is 0.318 e. The molecular weight excluding hydrogens is 216 g/mol. The maximum absolute atomic E-state index is 5.72. The summed E-state index contributed by atoms with van der Waals surface area (Å²) in [5.74, 6) is 0.514. The van der Waals surface area contributed by atoms with Crippen molar-refractivity contribution in [2.45, 2.75) is 57.5 Å². The number of hydrogen-bond donors (Lipinski definition) is 1. The van der Waals surface area contributed by atoms with Crippen LogP contribution in [0.15, 0.2) is 4.42 Å². The van der Waals surface area contributed by atoms with Crippen LogP contribution in [-0.4, -0.2) is 23.3 Å². The topological polar surface area (TPSA) is 68.2 Å². The van der Waals surface area contributed by atoms with Crippen molar-refractivity contribution in [1.82, 2.24) is 10.2 Å². The zero-order chi connectivity index (χ0) is 12.3. The van der Waals surface area contributed by atoms with Crippen LogP contribution in [-0.2, 0) is 0 Å². The second-order valence-electron chi connectivity index (χ2n) is 4.97. The lowest BCUT2D eigenvalue weighted by Crippen LogP contribution is -2.31. The molecule has 2 rings (SSSR count). The van der Waals surface area contributed by atoms with Gasteiger partial charge in [-0.1, -0.05) is 30.8 Å². The van der Waals surface area contributed by atoms with Crippen molar-refractivity contribution in [3.05, 3.63) is 5.89 Å². The van der Waals surface area contributed by atoms with Gasteiger partial charge in [0, 0.05) is 13.1 Å². The van der Waals surface area contributed by atoms with Crippen molar-refractivity contribution in [2.24, 2.45) is 5.73 Å². The molecule has 96 valence electrons. The van der Waals surface area contributed by atoms with E-state index in [1.807, 2.05) is 14.0 Å². The second kappa shape index (κ2) is 5.49. The molecule has 1 aromatic heterocycles. The quantitative estimate of drug-likeness (QED) is 0.818. The normalized spacial score (nSPS) is 19.9. The van der Waals surface area contributed by atoms with Crippen molar-refractivity contribution in [3.8, 4) is 0 Å². The van der Waals surface area contributed by atoms with Crippen LogP contribution in [0.3, 0.4) is 0 Å². The third-order valence-electron chi connectivity index (χ3n) is 3.49. The van der Waals surface area contributed by atoms with Gasteiger partial charge in [0.05, 0.1) is 6.04 Å². The van der Waals surface area contributed by atoms with Gasteiger partial charge in [0.15, 0.2) is 0 Å². The standard InChI is InChI=1S/C12H22N4O/c1-9(13)11-14-15-12(17-11)16(2)10-7-5-3-4-6-8-10/h9-10H,3-8,13H2,1-2H3. The maximum atomic E-state index is 5.72. The van der Waals surface area contributed by atoms with Crippen molar-refractivity contribution >= 4 is 6.01 Å². The first-order chi connectivity index (χ1) is 8.18. The van der Waals surface area contributed by atoms with Gasteiger partial charge in [-0.25, -0.2) is 0 Å². The van der Waals surface area contributed by atoms with Crippen LogP contribution in [0.1, 0.15) is 57.4 Å². The van der Waals surface area contributed by atoms with Crippen molar-refractivity contribution < 1.29 is 4.42 Å². The molecule has 17 heavy (non-hydrogen) atoms. The van der Waals surface area contributed by atoms with E-state index in [0.717, 1.165) is 0 Å². The highest BCUT2D eigenvalue weighted by molar-refractivity contribution is 5.24. The Labute approximate surface area is 102 Å². The Bertz CT molecular complexity index is 342. The Morgan fingerprint density at radius 3 is 2.41 bits per heavy atom. The number of nitrogens with two attached hydrogens (primary N) is 1. The molecular formula is C12H22N4O. The van der Waals surface area contributed by atoms with Crippen LogP contribution in [0, 0.1) is 0 Å². The molecule has 0 spiro atoms. The van der Waals surface area contributed by atoms with Crippen LogP contribution in [0.4, 0.5) is 6.01 Å². The molecule has 1 fully saturated rings. The average Bonchev–Trinajstić information content (AvgIpc) is 2.65. The van der Waals surface area contributed by atoms with Gasteiger partial charge in [-0.15, -0.1) is 5.10 Å². The van der Waals surface area contributed by atoms with E-state index in [0.29, 0.717) is 17.9 Å². The zero-order valence-electron chi connectivity index (χ0n) is 10.7. The predicted molar refractivity (Wildman–Crippen MR) is 66.8 cm³/mol. The fourth-order valence-electron chi connectivity index (χ4n) is 2.35. The average molecular weight is 238 g/mol. The highest BCUT2D eigenvalue weighted by atomic mass is 16.4. The van der Waals surface area contributed by atoms with E-state index in [1.54, 1.807) is 0 Å². The second-order valence-corrected chi connectivity index (χ2v) is 4.97. The summed E-state index contributed by atoms with van der Waals surface area (Å²) in [4.78, 5) is 2.12. The van der Waals surface area contributed by atoms with Crippen LogP contribution < -0.4 is 10.6 Å². The summed E-state index contributed by atoms with van der Waals surface area (Å²) in [6.07, 6.45) is 7.71. The SMILES string of the molecule is CC(N)c1nnc(N(C)C2CCCCCC2)o1. The van der Waals surface area contributed by atoms with Crippen LogP contribution in [0.2, 0.25) is 0 Å². The van der Waals surface area contributed by atoms with E-state index in [2.05, 4.69) is 15.1 Å². The summed E-state index contributed by atoms with van der Waals surface area (Å²) in [6, 6.07) is 0.932. The van der Waals surface area contributed by atoms with Crippen molar-refractivity contribution in [1.29, 1.82) is 0 Å². The summed E-state index contributed by atoms with van der Waals surface area (Å²) in [7, 11) is 2.04. The van der Waals surface area contributed by atoms with E-state index in [-0.39, 0.29) is 6.04 Å². The summed E-state index contributed by atoms with van der Waals surface area (Å²) in [6.45, 7) is 1.85. The minimum absolute atomic E-state index is 0.196. The van der Waals surface area contributed by atoms with Gasteiger partial charge < -0.3 is 15.1 Å². The third-order valence-corrected chi connectivity index (χ3v) is 3.49. The summed E-state index contributed by atoms with van der Waals surface area (Å²) < 4.78 is 5.58. The lowest BCUT2D eigenvalue weighted by Gasteiger charge is -2.24. The van der Waals surface area contributed by atoms with Crippen LogP contribution in [0.5, 0.6) is 0 Å². The van der Waals surface area contributed by atoms with Crippen LogP contribution in [0.25, 0.3) is 0 Å².